The summed E-state index contributed by atoms with van der Waals surface area (Å²) in [6.45, 7) is 4.48. The minimum absolute atomic E-state index is 0.788. The standard InChI is InChI=1S/C28H35BrN2/c1-3-5-7-9-22-11-13-23(14-12-22)15-16-24-17-18-26(27(29)19-24)28-30-20-25(21-31-28)10-8-6-4-2/h11-14,17-21H,3-10,15-16H2,1-2H3. The third kappa shape index (κ3) is 7.57. The molecule has 0 amide bonds. The van der Waals surface area contributed by atoms with E-state index in [0.29, 0.717) is 0 Å². The maximum absolute atomic E-state index is 4.61. The molecule has 0 atom stereocenters. The summed E-state index contributed by atoms with van der Waals surface area (Å²) in [6.07, 6.45) is 15.9. The second-order valence-electron chi connectivity index (χ2n) is 8.46. The van der Waals surface area contributed by atoms with Gasteiger partial charge in [0.25, 0.3) is 0 Å². The van der Waals surface area contributed by atoms with Crippen LogP contribution in [-0.4, -0.2) is 9.97 Å². The lowest BCUT2D eigenvalue weighted by Gasteiger charge is -2.08. The second-order valence-corrected chi connectivity index (χ2v) is 9.31. The van der Waals surface area contributed by atoms with Crippen LogP contribution in [0.25, 0.3) is 11.4 Å². The topological polar surface area (TPSA) is 25.8 Å². The van der Waals surface area contributed by atoms with Crippen LogP contribution in [-0.2, 0) is 25.7 Å². The normalized spacial score (nSPS) is 11.1. The third-order valence-electron chi connectivity index (χ3n) is 5.84. The summed E-state index contributed by atoms with van der Waals surface area (Å²) in [6, 6.07) is 15.7. The fourth-order valence-electron chi connectivity index (χ4n) is 3.84. The summed E-state index contributed by atoms with van der Waals surface area (Å²) in [4.78, 5) is 9.21. The highest BCUT2D eigenvalue weighted by atomic mass is 79.9. The van der Waals surface area contributed by atoms with Crippen LogP contribution >= 0.6 is 15.9 Å². The Hall–Kier alpha value is -2.00. The molecule has 1 aromatic heterocycles. The van der Waals surface area contributed by atoms with Gasteiger partial charge in [0.05, 0.1) is 0 Å². The summed E-state index contributed by atoms with van der Waals surface area (Å²) in [7, 11) is 0. The van der Waals surface area contributed by atoms with Gasteiger partial charge in [-0.25, -0.2) is 9.97 Å². The van der Waals surface area contributed by atoms with Crippen LogP contribution in [0.2, 0.25) is 0 Å². The predicted octanol–water partition coefficient (Wildman–Crippen LogP) is 8.16. The zero-order valence-electron chi connectivity index (χ0n) is 19.0. The number of benzene rings is 2. The van der Waals surface area contributed by atoms with Crippen LogP contribution < -0.4 is 0 Å². The maximum Gasteiger partial charge on any atom is 0.160 e. The number of aryl methyl sites for hydroxylation is 4. The molecule has 0 aliphatic carbocycles. The van der Waals surface area contributed by atoms with Crippen LogP contribution in [0.5, 0.6) is 0 Å². The number of rotatable bonds is 12. The zero-order valence-corrected chi connectivity index (χ0v) is 20.6. The van der Waals surface area contributed by atoms with Gasteiger partial charge in [-0.15, -0.1) is 0 Å². The van der Waals surface area contributed by atoms with E-state index in [4.69, 9.17) is 0 Å². The van der Waals surface area contributed by atoms with Crippen molar-refractivity contribution < 1.29 is 0 Å². The van der Waals surface area contributed by atoms with Crippen molar-refractivity contribution in [3.05, 3.63) is 81.6 Å². The van der Waals surface area contributed by atoms with Crippen molar-refractivity contribution in [1.82, 2.24) is 9.97 Å². The highest BCUT2D eigenvalue weighted by Gasteiger charge is 2.08. The van der Waals surface area contributed by atoms with Crippen LogP contribution in [0.4, 0.5) is 0 Å². The van der Waals surface area contributed by atoms with Crippen molar-refractivity contribution in [1.29, 1.82) is 0 Å². The second kappa shape index (κ2) is 12.8. The van der Waals surface area contributed by atoms with Gasteiger partial charge in [-0.05, 0) is 72.9 Å². The molecule has 0 unspecified atom stereocenters. The molecule has 0 aliphatic heterocycles. The van der Waals surface area contributed by atoms with Gasteiger partial charge in [-0.2, -0.15) is 0 Å². The number of hydrogen-bond donors (Lipinski definition) is 0. The Bertz CT molecular complexity index is 917. The number of hydrogen-bond acceptors (Lipinski definition) is 2. The van der Waals surface area contributed by atoms with Crippen LogP contribution in [0.3, 0.4) is 0 Å². The molecule has 31 heavy (non-hydrogen) atoms. The fraction of sp³-hybridized carbons (Fsp3) is 0.429. The summed E-state index contributed by atoms with van der Waals surface area (Å²) < 4.78 is 1.06. The van der Waals surface area contributed by atoms with E-state index in [1.54, 1.807) is 0 Å². The minimum Gasteiger partial charge on any atom is -0.236 e. The Kier molecular flexibility index (Phi) is 9.74. The Morgan fingerprint density at radius 1 is 0.613 bits per heavy atom. The van der Waals surface area contributed by atoms with Crippen molar-refractivity contribution in [3.63, 3.8) is 0 Å². The molecule has 0 fully saturated rings. The number of aromatic nitrogens is 2. The molecular weight excluding hydrogens is 444 g/mol. The lowest BCUT2D eigenvalue weighted by Crippen LogP contribution is -1.96. The molecule has 3 aromatic rings. The largest absolute Gasteiger partial charge is 0.236 e. The number of halogens is 1. The van der Waals surface area contributed by atoms with Gasteiger partial charge in [0.15, 0.2) is 5.82 Å². The van der Waals surface area contributed by atoms with Gasteiger partial charge < -0.3 is 0 Å². The first-order chi connectivity index (χ1) is 15.2. The molecule has 3 rings (SSSR count). The molecule has 164 valence electrons. The molecule has 0 spiro atoms. The van der Waals surface area contributed by atoms with Gasteiger partial charge >= 0.3 is 0 Å². The van der Waals surface area contributed by atoms with E-state index in [1.165, 1.54) is 67.2 Å². The van der Waals surface area contributed by atoms with E-state index in [0.717, 1.165) is 35.1 Å². The molecule has 3 heteroatoms. The average molecular weight is 480 g/mol. The summed E-state index contributed by atoms with van der Waals surface area (Å²) >= 11 is 3.74. The van der Waals surface area contributed by atoms with Gasteiger partial charge in [-0.1, -0.05) is 85.8 Å². The fourth-order valence-corrected chi connectivity index (χ4v) is 4.44. The van der Waals surface area contributed by atoms with Crippen LogP contribution in [0, 0.1) is 0 Å². The van der Waals surface area contributed by atoms with Gasteiger partial charge in [-0.3, -0.25) is 0 Å². The first-order valence-electron chi connectivity index (χ1n) is 11.9. The lowest BCUT2D eigenvalue weighted by molar-refractivity contribution is 0.714. The van der Waals surface area contributed by atoms with Crippen LogP contribution in [0.1, 0.15) is 74.6 Å². The van der Waals surface area contributed by atoms with E-state index >= 15 is 0 Å². The molecule has 1 heterocycles. The molecule has 0 radical (unpaired) electrons. The monoisotopic (exact) mass is 478 g/mol. The first-order valence-corrected chi connectivity index (χ1v) is 12.7. The lowest BCUT2D eigenvalue weighted by atomic mass is 10.0. The summed E-state index contributed by atoms with van der Waals surface area (Å²) in [5, 5.41) is 0. The highest BCUT2D eigenvalue weighted by molar-refractivity contribution is 9.10. The highest BCUT2D eigenvalue weighted by Crippen LogP contribution is 2.27. The number of unbranched alkanes of at least 4 members (excludes halogenated alkanes) is 4. The predicted molar refractivity (Wildman–Crippen MR) is 135 cm³/mol. The Morgan fingerprint density at radius 3 is 1.71 bits per heavy atom. The van der Waals surface area contributed by atoms with Gasteiger partial charge in [0.2, 0.25) is 0 Å². The van der Waals surface area contributed by atoms with Crippen LogP contribution in [0.15, 0.2) is 59.3 Å². The number of nitrogens with zero attached hydrogens (tertiary/aromatic N) is 2. The molecule has 0 N–H and O–H groups in total. The molecule has 2 aromatic carbocycles. The molecule has 2 nitrogen and oxygen atoms in total. The quantitative estimate of drug-likeness (QED) is 0.245. The Labute approximate surface area is 196 Å². The molecular formula is C28H35BrN2. The van der Waals surface area contributed by atoms with E-state index in [1.807, 2.05) is 12.4 Å². The molecule has 0 bridgehead atoms. The average Bonchev–Trinajstić information content (AvgIpc) is 2.80. The van der Waals surface area contributed by atoms with E-state index < -0.39 is 0 Å². The molecule has 0 saturated heterocycles. The van der Waals surface area contributed by atoms with E-state index in [2.05, 4.69) is 82.2 Å². The molecule has 0 saturated carbocycles. The zero-order chi connectivity index (χ0) is 21.9. The maximum atomic E-state index is 4.61. The third-order valence-corrected chi connectivity index (χ3v) is 6.50. The summed E-state index contributed by atoms with van der Waals surface area (Å²) in [5.74, 6) is 0.788. The Morgan fingerprint density at radius 2 is 1.13 bits per heavy atom. The smallest absolute Gasteiger partial charge is 0.160 e. The minimum atomic E-state index is 0.788. The molecule has 0 aliphatic rings. The van der Waals surface area contributed by atoms with Crippen molar-refractivity contribution >= 4 is 15.9 Å². The van der Waals surface area contributed by atoms with Crippen molar-refractivity contribution in [2.24, 2.45) is 0 Å². The van der Waals surface area contributed by atoms with Gasteiger partial charge in [0.1, 0.15) is 0 Å². The Balaban J connectivity index is 1.55. The van der Waals surface area contributed by atoms with Gasteiger partial charge in [0, 0.05) is 22.4 Å². The van der Waals surface area contributed by atoms with Crippen molar-refractivity contribution in [3.8, 4) is 11.4 Å². The SMILES string of the molecule is CCCCCc1ccc(CCc2ccc(-c3ncc(CCCCC)cn3)c(Br)c2)cc1. The first kappa shape index (κ1) is 23.7. The van der Waals surface area contributed by atoms with Crippen molar-refractivity contribution in [2.45, 2.75) is 78.1 Å². The van der Waals surface area contributed by atoms with E-state index in [9.17, 15) is 0 Å². The summed E-state index contributed by atoms with van der Waals surface area (Å²) in [5.41, 5.74) is 6.47. The van der Waals surface area contributed by atoms with E-state index in [-0.39, 0.29) is 0 Å². The van der Waals surface area contributed by atoms with Crippen molar-refractivity contribution in [2.75, 3.05) is 0 Å².